The summed E-state index contributed by atoms with van der Waals surface area (Å²) in [6.07, 6.45) is -0.647. The summed E-state index contributed by atoms with van der Waals surface area (Å²) < 4.78 is 18.1. The second-order valence-corrected chi connectivity index (χ2v) is 6.94. The van der Waals surface area contributed by atoms with Crippen molar-refractivity contribution in [1.82, 2.24) is 5.32 Å². The Morgan fingerprint density at radius 2 is 1.54 bits per heavy atom. The molecule has 0 fully saturated rings. The van der Waals surface area contributed by atoms with Gasteiger partial charge in [-0.15, -0.1) is 0 Å². The van der Waals surface area contributed by atoms with Crippen LogP contribution in [0.1, 0.15) is 26.3 Å². The zero-order chi connectivity index (χ0) is 19.3. The number of rotatable bonds is 5. The fourth-order valence-corrected chi connectivity index (χ4v) is 2.36. The molecule has 0 bridgehead atoms. The van der Waals surface area contributed by atoms with Gasteiger partial charge < -0.3 is 15.2 Å². The van der Waals surface area contributed by atoms with Gasteiger partial charge in [-0.05, 0) is 49.6 Å². The molecule has 0 unspecified atom stereocenters. The van der Waals surface area contributed by atoms with E-state index >= 15 is 0 Å². The van der Waals surface area contributed by atoms with Gasteiger partial charge in [0, 0.05) is 6.42 Å². The second kappa shape index (κ2) is 7.99. The summed E-state index contributed by atoms with van der Waals surface area (Å²) >= 11 is 0. The molecule has 0 saturated heterocycles. The van der Waals surface area contributed by atoms with Gasteiger partial charge in [0.15, 0.2) is 0 Å². The van der Waals surface area contributed by atoms with Crippen LogP contribution in [0, 0.1) is 5.82 Å². The highest BCUT2D eigenvalue weighted by Gasteiger charge is 2.24. The van der Waals surface area contributed by atoms with Gasteiger partial charge >= 0.3 is 12.1 Å². The maximum absolute atomic E-state index is 13.0. The number of ether oxygens (including phenoxy) is 1. The minimum absolute atomic E-state index is 0.123. The first-order chi connectivity index (χ1) is 12.1. The van der Waals surface area contributed by atoms with Crippen LogP contribution in [0.5, 0.6) is 0 Å². The minimum atomic E-state index is -1.14. The molecule has 0 aliphatic rings. The van der Waals surface area contributed by atoms with E-state index < -0.39 is 23.7 Å². The minimum Gasteiger partial charge on any atom is -0.480 e. The molecule has 0 heterocycles. The van der Waals surface area contributed by atoms with Crippen molar-refractivity contribution < 1.29 is 23.8 Å². The molecule has 2 aromatic carbocycles. The summed E-state index contributed by atoms with van der Waals surface area (Å²) in [5, 5.41) is 11.7. The number of nitrogens with one attached hydrogen (secondary N) is 1. The van der Waals surface area contributed by atoms with Crippen LogP contribution in [0.25, 0.3) is 11.1 Å². The van der Waals surface area contributed by atoms with E-state index in [9.17, 15) is 19.1 Å². The number of hydrogen-bond acceptors (Lipinski definition) is 3. The van der Waals surface area contributed by atoms with E-state index in [0.29, 0.717) is 0 Å². The van der Waals surface area contributed by atoms with Crippen LogP contribution in [0.3, 0.4) is 0 Å². The summed E-state index contributed by atoms with van der Waals surface area (Å²) in [5.74, 6) is -1.44. The summed E-state index contributed by atoms with van der Waals surface area (Å²) in [6.45, 7) is 5.11. The molecule has 6 heteroatoms. The van der Waals surface area contributed by atoms with Gasteiger partial charge in [0.1, 0.15) is 17.5 Å². The van der Waals surface area contributed by atoms with E-state index in [1.807, 2.05) is 12.1 Å². The predicted octanol–water partition coefficient (Wildman–Crippen LogP) is 4.01. The molecule has 1 atom stereocenters. The molecule has 2 rings (SSSR count). The number of amides is 1. The highest BCUT2D eigenvalue weighted by Crippen LogP contribution is 2.20. The smallest absolute Gasteiger partial charge is 0.408 e. The number of halogens is 1. The molecule has 2 N–H and O–H groups in total. The number of hydrogen-bond donors (Lipinski definition) is 2. The van der Waals surface area contributed by atoms with E-state index in [2.05, 4.69) is 5.32 Å². The van der Waals surface area contributed by atoms with Gasteiger partial charge in [0.2, 0.25) is 0 Å². The van der Waals surface area contributed by atoms with Crippen LogP contribution in [-0.2, 0) is 16.0 Å². The summed E-state index contributed by atoms with van der Waals surface area (Å²) in [5.41, 5.74) is 1.80. The van der Waals surface area contributed by atoms with Crippen molar-refractivity contribution in [2.45, 2.75) is 38.8 Å². The van der Waals surface area contributed by atoms with Crippen LogP contribution < -0.4 is 5.32 Å². The van der Waals surface area contributed by atoms with Crippen LogP contribution >= 0.6 is 0 Å². The molecule has 5 nitrogen and oxygen atoms in total. The molecule has 2 aromatic rings. The number of carboxylic acids is 1. The topological polar surface area (TPSA) is 75.6 Å². The maximum atomic E-state index is 13.0. The molecule has 1 amide bonds. The van der Waals surface area contributed by atoms with Crippen molar-refractivity contribution in [3.05, 3.63) is 59.9 Å². The largest absolute Gasteiger partial charge is 0.480 e. The van der Waals surface area contributed by atoms with Crippen molar-refractivity contribution in [3.63, 3.8) is 0 Å². The molecule has 0 radical (unpaired) electrons. The fraction of sp³-hybridized carbons (Fsp3) is 0.300. The van der Waals surface area contributed by atoms with E-state index in [4.69, 9.17) is 4.74 Å². The predicted molar refractivity (Wildman–Crippen MR) is 96.3 cm³/mol. The Kier molecular flexibility index (Phi) is 5.97. The number of carbonyl (C=O) groups excluding carboxylic acids is 1. The van der Waals surface area contributed by atoms with Crippen LogP contribution in [0.4, 0.5) is 9.18 Å². The number of benzene rings is 2. The van der Waals surface area contributed by atoms with Crippen molar-refractivity contribution in [1.29, 1.82) is 0 Å². The molecule has 0 spiro atoms. The highest BCUT2D eigenvalue weighted by molar-refractivity contribution is 5.80. The number of alkyl carbamates (subject to hydrolysis) is 1. The Hall–Kier alpha value is -2.89. The van der Waals surface area contributed by atoms with Gasteiger partial charge in [-0.3, -0.25) is 0 Å². The number of carbonyl (C=O) groups is 2. The number of carboxylic acid groups (broad SMARTS) is 1. The molecule has 0 aliphatic carbocycles. The van der Waals surface area contributed by atoms with Gasteiger partial charge in [0.25, 0.3) is 0 Å². The summed E-state index contributed by atoms with van der Waals surface area (Å²) in [4.78, 5) is 23.2. The molecular formula is C20H22FNO4. The van der Waals surface area contributed by atoms with Crippen molar-refractivity contribution in [3.8, 4) is 11.1 Å². The standard InChI is InChI=1S/C20H22FNO4/c1-20(2,3)26-19(25)22-17(18(23)24)12-13-4-6-14(7-5-13)15-8-10-16(21)11-9-15/h4-11,17H,12H2,1-3H3,(H,22,25)(H,23,24)/t17-/m0/s1. The quantitative estimate of drug-likeness (QED) is 0.846. The monoisotopic (exact) mass is 359 g/mol. The normalized spacial score (nSPS) is 12.3. The van der Waals surface area contributed by atoms with E-state index in [1.165, 1.54) is 12.1 Å². The van der Waals surface area contributed by atoms with E-state index in [-0.39, 0.29) is 12.2 Å². The van der Waals surface area contributed by atoms with Crippen molar-refractivity contribution in [2.24, 2.45) is 0 Å². The zero-order valence-electron chi connectivity index (χ0n) is 15.0. The van der Waals surface area contributed by atoms with Gasteiger partial charge in [-0.2, -0.15) is 0 Å². The Balaban J connectivity index is 2.06. The molecule has 138 valence electrons. The lowest BCUT2D eigenvalue weighted by atomic mass is 10.0. The van der Waals surface area contributed by atoms with Gasteiger partial charge in [0.05, 0.1) is 0 Å². The Morgan fingerprint density at radius 1 is 1.04 bits per heavy atom. The zero-order valence-corrected chi connectivity index (χ0v) is 15.0. The number of aliphatic carboxylic acids is 1. The van der Waals surface area contributed by atoms with Gasteiger partial charge in [-0.25, -0.2) is 14.0 Å². The van der Waals surface area contributed by atoms with Crippen molar-refractivity contribution in [2.75, 3.05) is 0 Å². The first-order valence-corrected chi connectivity index (χ1v) is 8.21. The first-order valence-electron chi connectivity index (χ1n) is 8.21. The van der Waals surface area contributed by atoms with Crippen molar-refractivity contribution >= 4 is 12.1 Å². The Morgan fingerprint density at radius 3 is 2.00 bits per heavy atom. The van der Waals surface area contributed by atoms with E-state index in [1.54, 1.807) is 45.0 Å². The molecule has 26 heavy (non-hydrogen) atoms. The molecular weight excluding hydrogens is 337 g/mol. The van der Waals surface area contributed by atoms with Crippen LogP contribution in [0.15, 0.2) is 48.5 Å². The average Bonchev–Trinajstić information content (AvgIpc) is 2.54. The summed E-state index contributed by atoms with van der Waals surface area (Å²) in [6, 6.07) is 12.2. The van der Waals surface area contributed by atoms with Crippen LogP contribution in [0.2, 0.25) is 0 Å². The third kappa shape index (κ3) is 5.88. The van der Waals surface area contributed by atoms with Gasteiger partial charge in [-0.1, -0.05) is 36.4 Å². The second-order valence-electron chi connectivity index (χ2n) is 6.94. The fourth-order valence-electron chi connectivity index (χ4n) is 2.36. The van der Waals surface area contributed by atoms with Crippen LogP contribution in [-0.4, -0.2) is 28.8 Å². The lowest BCUT2D eigenvalue weighted by Crippen LogP contribution is -2.44. The lowest BCUT2D eigenvalue weighted by Gasteiger charge is -2.22. The molecule has 0 aliphatic heterocycles. The maximum Gasteiger partial charge on any atom is 0.408 e. The molecule has 0 saturated carbocycles. The molecule has 0 aromatic heterocycles. The highest BCUT2D eigenvalue weighted by atomic mass is 19.1. The lowest BCUT2D eigenvalue weighted by molar-refractivity contribution is -0.139. The third-order valence-electron chi connectivity index (χ3n) is 3.56. The summed E-state index contributed by atoms with van der Waals surface area (Å²) in [7, 11) is 0. The third-order valence-corrected chi connectivity index (χ3v) is 3.56. The Labute approximate surface area is 151 Å². The van der Waals surface area contributed by atoms with E-state index in [0.717, 1.165) is 16.7 Å². The Bertz CT molecular complexity index is 764. The SMILES string of the molecule is CC(C)(C)OC(=O)N[C@@H](Cc1ccc(-c2ccc(F)cc2)cc1)C(=O)O. The first kappa shape index (κ1) is 19.4. The average molecular weight is 359 g/mol.